The van der Waals surface area contributed by atoms with E-state index in [4.69, 9.17) is 0 Å². The highest BCUT2D eigenvalue weighted by atomic mass is 15.1. The second-order valence-corrected chi connectivity index (χ2v) is 3.67. The summed E-state index contributed by atoms with van der Waals surface area (Å²) in [5, 5.41) is 6.32. The minimum Gasteiger partial charge on any atom is -0.367 e. The average Bonchev–Trinajstić information content (AvgIpc) is 2.97. The van der Waals surface area contributed by atoms with Crippen molar-refractivity contribution in [1.29, 1.82) is 0 Å². The molecular weight excluding hydrogens is 176 g/mol. The molecule has 2 N–H and O–H groups in total. The lowest BCUT2D eigenvalue weighted by molar-refractivity contribution is 0.773. The zero-order valence-corrected chi connectivity index (χ0v) is 8.62. The Morgan fingerprint density at radius 1 is 1.57 bits per heavy atom. The third-order valence-corrected chi connectivity index (χ3v) is 2.66. The third kappa shape index (κ3) is 1.95. The predicted octanol–water partition coefficient (Wildman–Crippen LogP) is 1.73. The Hall–Kier alpha value is -1.32. The molecule has 1 aliphatic rings. The number of rotatable bonds is 4. The van der Waals surface area contributed by atoms with Crippen LogP contribution in [0.15, 0.2) is 12.3 Å². The fourth-order valence-corrected chi connectivity index (χ4v) is 1.63. The molecule has 2 unspecified atom stereocenters. The molecule has 1 saturated carbocycles. The first-order valence-corrected chi connectivity index (χ1v) is 5.10. The van der Waals surface area contributed by atoms with E-state index >= 15 is 0 Å². The summed E-state index contributed by atoms with van der Waals surface area (Å²) in [6.07, 6.45) is 4.29. The molecule has 0 amide bonds. The summed E-state index contributed by atoms with van der Waals surface area (Å²) in [5.74, 6) is 2.43. The summed E-state index contributed by atoms with van der Waals surface area (Å²) in [6.45, 7) is 2.23. The van der Waals surface area contributed by atoms with Crippen LogP contribution in [0.3, 0.4) is 0 Å². The zero-order valence-electron chi connectivity index (χ0n) is 8.62. The Labute approximate surface area is 84.2 Å². The molecule has 4 heteroatoms. The van der Waals surface area contributed by atoms with Crippen LogP contribution in [0.25, 0.3) is 0 Å². The Bertz CT molecular complexity index is 313. The molecule has 2 rings (SSSR count). The van der Waals surface area contributed by atoms with Crippen LogP contribution in [0.2, 0.25) is 0 Å². The van der Waals surface area contributed by atoms with E-state index in [-0.39, 0.29) is 0 Å². The standard InChI is InChI=1S/C10H16N4/c1-3-7-6-8(7)13-9-4-5-12-10(11-2)14-9/h4-5,7-8H,3,6H2,1-2H3,(H2,11,12,13,14). The van der Waals surface area contributed by atoms with Crippen LogP contribution >= 0.6 is 0 Å². The number of hydrogen-bond donors (Lipinski definition) is 2. The van der Waals surface area contributed by atoms with Gasteiger partial charge in [-0.3, -0.25) is 0 Å². The zero-order chi connectivity index (χ0) is 9.97. The Morgan fingerprint density at radius 2 is 2.43 bits per heavy atom. The largest absolute Gasteiger partial charge is 0.367 e. The average molecular weight is 192 g/mol. The molecule has 1 heterocycles. The van der Waals surface area contributed by atoms with Gasteiger partial charge in [0.25, 0.3) is 0 Å². The third-order valence-electron chi connectivity index (χ3n) is 2.66. The van der Waals surface area contributed by atoms with E-state index < -0.39 is 0 Å². The minimum absolute atomic E-state index is 0.625. The van der Waals surface area contributed by atoms with Gasteiger partial charge in [0.1, 0.15) is 5.82 Å². The van der Waals surface area contributed by atoms with E-state index in [1.54, 1.807) is 6.20 Å². The van der Waals surface area contributed by atoms with Gasteiger partial charge in [-0.05, 0) is 18.4 Å². The molecular formula is C10H16N4. The number of nitrogens with one attached hydrogen (secondary N) is 2. The van der Waals surface area contributed by atoms with Crippen LogP contribution in [-0.2, 0) is 0 Å². The summed E-state index contributed by atoms with van der Waals surface area (Å²) in [7, 11) is 1.82. The molecule has 4 nitrogen and oxygen atoms in total. The molecule has 0 saturated heterocycles. The smallest absolute Gasteiger partial charge is 0.224 e. The highest BCUT2D eigenvalue weighted by Crippen LogP contribution is 2.35. The first-order valence-electron chi connectivity index (χ1n) is 5.10. The van der Waals surface area contributed by atoms with E-state index in [1.165, 1.54) is 12.8 Å². The Balaban J connectivity index is 1.96. The second-order valence-electron chi connectivity index (χ2n) is 3.67. The quantitative estimate of drug-likeness (QED) is 0.762. The van der Waals surface area contributed by atoms with Gasteiger partial charge in [0, 0.05) is 19.3 Å². The van der Waals surface area contributed by atoms with Crippen LogP contribution in [-0.4, -0.2) is 23.1 Å². The predicted molar refractivity (Wildman–Crippen MR) is 57.4 cm³/mol. The minimum atomic E-state index is 0.625. The molecule has 0 aromatic carbocycles. The van der Waals surface area contributed by atoms with Gasteiger partial charge in [-0.2, -0.15) is 4.98 Å². The highest BCUT2D eigenvalue weighted by molar-refractivity contribution is 5.41. The van der Waals surface area contributed by atoms with E-state index in [2.05, 4.69) is 27.5 Å². The lowest BCUT2D eigenvalue weighted by Gasteiger charge is -2.05. The Morgan fingerprint density at radius 3 is 3.07 bits per heavy atom. The summed E-state index contributed by atoms with van der Waals surface area (Å²) in [4.78, 5) is 8.37. The van der Waals surface area contributed by atoms with Crippen LogP contribution in [0.5, 0.6) is 0 Å². The number of aromatic nitrogens is 2. The van der Waals surface area contributed by atoms with E-state index in [1.807, 2.05) is 13.1 Å². The fourth-order valence-electron chi connectivity index (χ4n) is 1.63. The van der Waals surface area contributed by atoms with Crippen LogP contribution in [0, 0.1) is 5.92 Å². The maximum atomic E-state index is 4.31. The van der Waals surface area contributed by atoms with Gasteiger partial charge in [-0.1, -0.05) is 13.3 Å². The van der Waals surface area contributed by atoms with E-state index in [9.17, 15) is 0 Å². The summed E-state index contributed by atoms with van der Waals surface area (Å²) in [6, 6.07) is 2.53. The maximum absolute atomic E-state index is 4.31. The van der Waals surface area contributed by atoms with Gasteiger partial charge in [0.05, 0.1) is 0 Å². The molecule has 0 radical (unpaired) electrons. The highest BCUT2D eigenvalue weighted by Gasteiger charge is 2.35. The molecule has 1 aromatic heterocycles. The summed E-state index contributed by atoms with van der Waals surface area (Å²) < 4.78 is 0. The van der Waals surface area contributed by atoms with Gasteiger partial charge in [0.2, 0.25) is 5.95 Å². The lowest BCUT2D eigenvalue weighted by Crippen LogP contribution is -2.07. The molecule has 2 atom stereocenters. The molecule has 14 heavy (non-hydrogen) atoms. The fraction of sp³-hybridized carbons (Fsp3) is 0.600. The number of anilines is 2. The van der Waals surface area contributed by atoms with Gasteiger partial charge in [0.15, 0.2) is 0 Å². The molecule has 1 aliphatic carbocycles. The van der Waals surface area contributed by atoms with Crippen LogP contribution in [0.1, 0.15) is 19.8 Å². The van der Waals surface area contributed by atoms with Crippen molar-refractivity contribution in [1.82, 2.24) is 9.97 Å². The molecule has 76 valence electrons. The normalized spacial score (nSPS) is 24.4. The monoisotopic (exact) mass is 192 g/mol. The van der Waals surface area contributed by atoms with Gasteiger partial charge in [-0.15, -0.1) is 0 Å². The van der Waals surface area contributed by atoms with E-state index in [0.29, 0.717) is 12.0 Å². The maximum Gasteiger partial charge on any atom is 0.224 e. The summed E-state index contributed by atoms with van der Waals surface area (Å²) in [5.41, 5.74) is 0. The van der Waals surface area contributed by atoms with Crippen molar-refractivity contribution in [2.75, 3.05) is 17.7 Å². The van der Waals surface area contributed by atoms with E-state index in [0.717, 1.165) is 11.7 Å². The SMILES string of the molecule is CCC1CC1Nc1ccnc(NC)n1. The molecule has 1 fully saturated rings. The van der Waals surface area contributed by atoms with Crippen molar-refractivity contribution in [2.24, 2.45) is 5.92 Å². The first kappa shape index (κ1) is 9.24. The topological polar surface area (TPSA) is 49.8 Å². The first-order chi connectivity index (χ1) is 6.83. The molecule has 0 bridgehead atoms. The number of hydrogen-bond acceptors (Lipinski definition) is 4. The lowest BCUT2D eigenvalue weighted by atomic mass is 10.3. The van der Waals surface area contributed by atoms with Gasteiger partial charge < -0.3 is 10.6 Å². The Kier molecular flexibility index (Phi) is 2.52. The van der Waals surface area contributed by atoms with Crippen molar-refractivity contribution < 1.29 is 0 Å². The van der Waals surface area contributed by atoms with Crippen molar-refractivity contribution >= 4 is 11.8 Å². The van der Waals surface area contributed by atoms with Crippen LogP contribution < -0.4 is 10.6 Å². The van der Waals surface area contributed by atoms with Crippen molar-refractivity contribution in [3.05, 3.63) is 12.3 Å². The molecule has 1 aromatic rings. The van der Waals surface area contributed by atoms with Crippen molar-refractivity contribution in [3.63, 3.8) is 0 Å². The summed E-state index contributed by atoms with van der Waals surface area (Å²) >= 11 is 0. The van der Waals surface area contributed by atoms with Crippen molar-refractivity contribution in [2.45, 2.75) is 25.8 Å². The van der Waals surface area contributed by atoms with Gasteiger partial charge >= 0.3 is 0 Å². The van der Waals surface area contributed by atoms with Gasteiger partial charge in [-0.25, -0.2) is 4.98 Å². The molecule has 0 spiro atoms. The molecule has 0 aliphatic heterocycles. The van der Waals surface area contributed by atoms with Crippen LogP contribution in [0.4, 0.5) is 11.8 Å². The second kappa shape index (κ2) is 3.82. The van der Waals surface area contributed by atoms with Crippen molar-refractivity contribution in [3.8, 4) is 0 Å². The number of nitrogens with zero attached hydrogens (tertiary/aromatic N) is 2.